The highest BCUT2D eigenvalue weighted by Crippen LogP contribution is 2.24. The fourth-order valence-corrected chi connectivity index (χ4v) is 3.05. The van der Waals surface area contributed by atoms with Crippen LogP contribution in [0.3, 0.4) is 0 Å². The lowest BCUT2D eigenvalue weighted by molar-refractivity contribution is 0.318. The molecule has 0 saturated carbocycles. The monoisotopic (exact) mass is 430 g/mol. The van der Waals surface area contributed by atoms with Gasteiger partial charge in [-0.25, -0.2) is 9.97 Å². The number of hydrogen-bond donors (Lipinski definition) is 4. The van der Waals surface area contributed by atoms with Gasteiger partial charge >= 0.3 is 0 Å². The predicted molar refractivity (Wildman–Crippen MR) is 129 cm³/mol. The summed E-state index contributed by atoms with van der Waals surface area (Å²) >= 11 is 0. The zero-order valence-electron chi connectivity index (χ0n) is 19.3. The van der Waals surface area contributed by atoms with Crippen molar-refractivity contribution in [2.24, 2.45) is 5.73 Å². The van der Waals surface area contributed by atoms with Crippen LogP contribution in [0, 0.1) is 0 Å². The van der Waals surface area contributed by atoms with Crippen LogP contribution < -0.4 is 21.5 Å². The average Bonchev–Trinajstić information content (AvgIpc) is 2.82. The standard InChI is InChI=1S/C19H26N6O.C2H6O.C2H6/c1-2-15(11-20)19-23-16(21-12-14-6-7-18(26)22-13-14)10-17(24-19)25-8-4-3-5-9-25;1-2-3;1-2/h6-7,10-11,13H,2-5,8-9,12,20H2,1H3,(H,22,26)(H,21,23,24);3H,2H2,1H3;1-2H3/b15-11-;;. The molecule has 0 amide bonds. The number of H-pyrrole nitrogens is 1. The van der Waals surface area contributed by atoms with Crippen LogP contribution >= 0.6 is 0 Å². The highest BCUT2D eigenvalue weighted by atomic mass is 16.2. The molecule has 1 fully saturated rings. The summed E-state index contributed by atoms with van der Waals surface area (Å²) in [5.74, 6) is 2.36. The summed E-state index contributed by atoms with van der Waals surface area (Å²) < 4.78 is 0. The molecule has 0 spiro atoms. The third-order valence-electron chi connectivity index (χ3n) is 4.58. The molecule has 1 aliphatic rings. The topological polar surface area (TPSA) is 120 Å². The quantitative estimate of drug-likeness (QED) is 0.553. The smallest absolute Gasteiger partial charge is 0.247 e. The maximum absolute atomic E-state index is 11.2. The van der Waals surface area contributed by atoms with Crippen molar-refractivity contribution in [2.75, 3.05) is 29.9 Å². The number of aromatic nitrogens is 3. The molecule has 172 valence electrons. The van der Waals surface area contributed by atoms with Gasteiger partial charge in [0, 0.05) is 56.3 Å². The Morgan fingerprint density at radius 3 is 2.45 bits per heavy atom. The minimum Gasteiger partial charge on any atom is -0.404 e. The molecule has 1 saturated heterocycles. The largest absolute Gasteiger partial charge is 0.404 e. The lowest BCUT2D eigenvalue weighted by atomic mass is 10.1. The summed E-state index contributed by atoms with van der Waals surface area (Å²) in [7, 11) is 0. The summed E-state index contributed by atoms with van der Waals surface area (Å²) in [6.07, 6.45) is 7.72. The van der Waals surface area contributed by atoms with Crippen molar-refractivity contribution in [2.45, 2.75) is 59.9 Å². The van der Waals surface area contributed by atoms with Crippen LogP contribution in [0.5, 0.6) is 0 Å². The van der Waals surface area contributed by atoms with Gasteiger partial charge in [-0.05, 0) is 38.2 Å². The number of rotatable bonds is 6. The predicted octanol–water partition coefficient (Wildman–Crippen LogP) is 3.50. The van der Waals surface area contributed by atoms with Gasteiger partial charge in [0.05, 0.1) is 0 Å². The molecule has 8 heteroatoms. The number of hydrogen-bond acceptors (Lipinski definition) is 7. The molecule has 3 rings (SSSR count). The molecule has 1 aliphatic heterocycles. The maximum atomic E-state index is 11.2. The molecule has 3 heterocycles. The van der Waals surface area contributed by atoms with Gasteiger partial charge in [0.25, 0.3) is 0 Å². The van der Waals surface area contributed by atoms with Crippen molar-refractivity contribution < 1.29 is 5.11 Å². The number of pyridine rings is 1. The molecule has 0 aliphatic carbocycles. The summed E-state index contributed by atoms with van der Waals surface area (Å²) in [6.45, 7) is 10.6. The number of nitrogens with two attached hydrogens (primary N) is 1. The van der Waals surface area contributed by atoms with Crippen LogP contribution in [0.15, 0.2) is 35.4 Å². The number of nitrogens with zero attached hydrogens (tertiary/aromatic N) is 3. The Morgan fingerprint density at radius 2 is 1.90 bits per heavy atom. The van der Waals surface area contributed by atoms with Gasteiger partial charge in [-0.3, -0.25) is 4.79 Å². The van der Waals surface area contributed by atoms with Gasteiger partial charge in [0.2, 0.25) is 5.56 Å². The minimum atomic E-state index is -0.105. The first kappa shape index (κ1) is 26.2. The molecule has 0 atom stereocenters. The van der Waals surface area contributed by atoms with Crippen molar-refractivity contribution in [3.05, 3.63) is 52.3 Å². The van der Waals surface area contributed by atoms with E-state index in [0.717, 1.165) is 42.3 Å². The molecule has 0 aromatic carbocycles. The Bertz CT molecular complexity index is 824. The van der Waals surface area contributed by atoms with Crippen molar-refractivity contribution in [1.29, 1.82) is 0 Å². The highest BCUT2D eigenvalue weighted by Gasteiger charge is 2.16. The van der Waals surface area contributed by atoms with Gasteiger partial charge in [-0.1, -0.05) is 26.8 Å². The third kappa shape index (κ3) is 8.80. The number of allylic oxidation sites excluding steroid dienone is 1. The van der Waals surface area contributed by atoms with Crippen LogP contribution in [0.25, 0.3) is 5.57 Å². The Kier molecular flexibility index (Phi) is 12.7. The molecule has 0 radical (unpaired) electrons. The summed E-state index contributed by atoms with van der Waals surface area (Å²) in [6, 6.07) is 5.31. The fourth-order valence-electron chi connectivity index (χ4n) is 3.05. The molecule has 0 unspecified atom stereocenters. The molecule has 8 nitrogen and oxygen atoms in total. The number of piperidine rings is 1. The number of aliphatic hydroxyl groups is 1. The number of aromatic amines is 1. The minimum absolute atomic E-state index is 0.105. The van der Waals surface area contributed by atoms with E-state index in [1.807, 2.05) is 26.8 Å². The lowest BCUT2D eigenvalue weighted by Crippen LogP contribution is -2.30. The first-order valence-electron chi connectivity index (χ1n) is 11.2. The Balaban J connectivity index is 0.000000884. The Morgan fingerprint density at radius 1 is 1.23 bits per heavy atom. The molecule has 0 bridgehead atoms. The third-order valence-corrected chi connectivity index (χ3v) is 4.58. The Hall–Kier alpha value is -2.87. The van der Waals surface area contributed by atoms with E-state index < -0.39 is 0 Å². The zero-order chi connectivity index (χ0) is 23.1. The second kappa shape index (κ2) is 15.0. The van der Waals surface area contributed by atoms with Gasteiger partial charge < -0.3 is 26.0 Å². The van der Waals surface area contributed by atoms with Gasteiger partial charge in [0.1, 0.15) is 11.6 Å². The van der Waals surface area contributed by atoms with E-state index in [1.54, 1.807) is 25.4 Å². The number of nitrogens with one attached hydrogen (secondary N) is 2. The van der Waals surface area contributed by atoms with E-state index in [0.29, 0.717) is 12.4 Å². The van der Waals surface area contributed by atoms with Gasteiger partial charge in [-0.15, -0.1) is 0 Å². The van der Waals surface area contributed by atoms with Gasteiger partial charge in [-0.2, -0.15) is 0 Å². The van der Waals surface area contributed by atoms with Crippen molar-refractivity contribution in [1.82, 2.24) is 15.0 Å². The van der Waals surface area contributed by atoms with Crippen molar-refractivity contribution >= 4 is 17.2 Å². The van der Waals surface area contributed by atoms with Crippen LogP contribution in [0.2, 0.25) is 0 Å². The summed E-state index contributed by atoms with van der Waals surface area (Å²) in [5.41, 5.74) is 7.57. The molecule has 5 N–H and O–H groups in total. The molecule has 2 aromatic heterocycles. The summed E-state index contributed by atoms with van der Waals surface area (Å²) in [4.78, 5) is 25.6. The second-order valence-corrected chi connectivity index (χ2v) is 6.76. The average molecular weight is 431 g/mol. The van der Waals surface area contributed by atoms with Crippen LogP contribution in [0.4, 0.5) is 11.6 Å². The molecule has 31 heavy (non-hydrogen) atoms. The van der Waals surface area contributed by atoms with Crippen LogP contribution in [-0.4, -0.2) is 39.8 Å². The van der Waals surface area contributed by atoms with E-state index >= 15 is 0 Å². The van der Waals surface area contributed by atoms with E-state index in [2.05, 4.69) is 20.2 Å². The molecular weight excluding hydrogens is 392 g/mol. The van der Waals surface area contributed by atoms with Crippen molar-refractivity contribution in [3.8, 4) is 0 Å². The molecular formula is C23H38N6O2. The van der Waals surface area contributed by atoms with Crippen LogP contribution in [0.1, 0.15) is 64.8 Å². The Labute approximate surface area is 185 Å². The summed E-state index contributed by atoms with van der Waals surface area (Å²) in [5, 5.41) is 10.9. The van der Waals surface area contributed by atoms with Crippen molar-refractivity contribution in [3.63, 3.8) is 0 Å². The van der Waals surface area contributed by atoms with E-state index in [-0.39, 0.29) is 12.2 Å². The lowest BCUT2D eigenvalue weighted by Gasteiger charge is -2.28. The fraction of sp³-hybridized carbons (Fsp3) is 0.522. The van der Waals surface area contributed by atoms with Gasteiger partial charge in [0.15, 0.2) is 5.82 Å². The first-order chi connectivity index (χ1) is 15.1. The highest BCUT2D eigenvalue weighted by molar-refractivity contribution is 5.63. The SMILES string of the molecule is CC.CC/C(=C/N)c1nc(NCc2ccc(=O)[nH]c2)cc(N2CCCCC2)n1.CCO. The second-order valence-electron chi connectivity index (χ2n) is 6.76. The van der Waals surface area contributed by atoms with E-state index in [1.165, 1.54) is 25.3 Å². The normalized spacial score (nSPS) is 13.5. The van der Waals surface area contributed by atoms with Crippen LogP contribution in [-0.2, 0) is 6.54 Å². The zero-order valence-corrected chi connectivity index (χ0v) is 19.3. The van der Waals surface area contributed by atoms with E-state index in [4.69, 9.17) is 15.8 Å². The maximum Gasteiger partial charge on any atom is 0.247 e. The number of aliphatic hydroxyl groups excluding tert-OH is 1. The first-order valence-corrected chi connectivity index (χ1v) is 11.2. The van der Waals surface area contributed by atoms with E-state index in [9.17, 15) is 4.79 Å². The number of anilines is 2. The molecule has 2 aromatic rings.